The highest BCUT2D eigenvalue weighted by atomic mass is 15.0. The molecule has 0 radical (unpaired) electrons. The number of pyridine rings is 1. The normalized spacial score (nSPS) is 11.8. The molecule has 54 heavy (non-hydrogen) atoms. The Bertz CT molecular complexity index is 3310. The zero-order valence-corrected chi connectivity index (χ0v) is 29.4. The topological polar surface area (TPSA) is 51.5 Å². The van der Waals surface area contributed by atoms with Gasteiger partial charge in [0.2, 0.25) is 0 Å². The first kappa shape index (κ1) is 30.2. The van der Waals surface area contributed by atoms with Crippen molar-refractivity contribution in [3.05, 3.63) is 181 Å². The molecular formula is C49H31N5. The Kier molecular flexibility index (Phi) is 6.46. The van der Waals surface area contributed by atoms with Crippen molar-refractivity contribution in [2.24, 2.45) is 0 Å². The number of benzene rings is 7. The summed E-state index contributed by atoms with van der Waals surface area (Å²) in [6.45, 7) is 2.12. The molecule has 5 nitrogen and oxygen atoms in total. The molecule has 0 aliphatic heterocycles. The molecule has 4 aromatic heterocycles. The van der Waals surface area contributed by atoms with Crippen molar-refractivity contribution in [3.63, 3.8) is 0 Å². The first-order valence-electron chi connectivity index (χ1n) is 18.2. The Hall–Kier alpha value is -7.42. The lowest BCUT2D eigenvalue weighted by Gasteiger charge is -2.16. The number of aryl methyl sites for hydroxylation is 1. The molecule has 0 spiro atoms. The van der Waals surface area contributed by atoms with E-state index in [9.17, 15) is 5.26 Å². The molecule has 0 fully saturated rings. The summed E-state index contributed by atoms with van der Waals surface area (Å²) in [5, 5.41) is 16.8. The van der Waals surface area contributed by atoms with Crippen LogP contribution in [0.1, 0.15) is 11.1 Å². The van der Waals surface area contributed by atoms with Gasteiger partial charge in [-0.15, -0.1) is 0 Å². The highest BCUT2D eigenvalue weighted by Gasteiger charge is 2.20. The summed E-state index contributed by atoms with van der Waals surface area (Å²) < 4.78 is 7.11. The van der Waals surface area contributed by atoms with Crippen LogP contribution < -0.4 is 0 Å². The fourth-order valence-electron chi connectivity index (χ4n) is 8.68. The maximum Gasteiger partial charge on any atom is 0.0991 e. The summed E-state index contributed by atoms with van der Waals surface area (Å²) in [7, 11) is 0. The maximum absolute atomic E-state index is 9.79. The standard InChI is InChI=1S/C49H31N5/c1-31-11-10-24-51-49(31)33-26-35(53-45-18-8-4-14-39(45)41-25-32(30-50)20-22-47(41)53)28-36(27-33)54-46-19-9-5-15-40(46)42-29-34(21-23-48(42)54)52-43-16-6-2-12-37(43)38-13-3-7-17-44(38)52/h2-29H,1H3. The van der Waals surface area contributed by atoms with E-state index in [1.54, 1.807) is 0 Å². The van der Waals surface area contributed by atoms with Crippen LogP contribution in [0.25, 0.3) is 93.7 Å². The highest BCUT2D eigenvalue weighted by molar-refractivity contribution is 6.13. The highest BCUT2D eigenvalue weighted by Crippen LogP contribution is 2.40. The zero-order valence-electron chi connectivity index (χ0n) is 29.4. The van der Waals surface area contributed by atoms with Crippen LogP contribution in [0, 0.1) is 18.3 Å². The molecule has 0 aliphatic carbocycles. The summed E-state index contributed by atoms with van der Waals surface area (Å²) in [5.41, 5.74) is 13.7. The van der Waals surface area contributed by atoms with Gasteiger partial charge in [-0.3, -0.25) is 4.98 Å². The number of fused-ring (bicyclic) bond motifs is 9. The maximum atomic E-state index is 9.79. The molecule has 7 aromatic carbocycles. The molecule has 11 rings (SSSR count). The van der Waals surface area contributed by atoms with Crippen molar-refractivity contribution in [3.8, 4) is 34.4 Å². The summed E-state index contributed by atoms with van der Waals surface area (Å²) in [6, 6.07) is 60.6. The van der Waals surface area contributed by atoms with E-state index in [1.807, 2.05) is 24.4 Å². The lowest BCUT2D eigenvalue weighted by atomic mass is 10.0. The molecule has 5 heteroatoms. The van der Waals surface area contributed by atoms with E-state index in [1.165, 1.54) is 32.6 Å². The molecule has 0 amide bonds. The van der Waals surface area contributed by atoms with Crippen LogP contribution in [0.2, 0.25) is 0 Å². The van der Waals surface area contributed by atoms with E-state index in [4.69, 9.17) is 4.98 Å². The predicted octanol–water partition coefficient (Wildman–Crippen LogP) is 12.2. The fourth-order valence-corrected chi connectivity index (χ4v) is 8.68. The minimum absolute atomic E-state index is 0.648. The lowest BCUT2D eigenvalue weighted by Crippen LogP contribution is -2.01. The second kappa shape index (κ2) is 11.5. The SMILES string of the molecule is Cc1cccnc1-c1cc(-n2c3ccccc3c3cc(C#N)ccc32)cc(-n2c3ccccc3c3cc(-n4c5ccccc5c5ccccc54)ccc32)c1. The van der Waals surface area contributed by atoms with Crippen LogP contribution in [0.4, 0.5) is 0 Å². The number of nitriles is 1. The quantitative estimate of drug-likeness (QED) is 0.185. The number of hydrogen-bond donors (Lipinski definition) is 0. The molecule has 0 bridgehead atoms. The van der Waals surface area contributed by atoms with Gasteiger partial charge in [-0.1, -0.05) is 78.9 Å². The van der Waals surface area contributed by atoms with Gasteiger partial charge in [0.05, 0.1) is 50.4 Å². The van der Waals surface area contributed by atoms with Crippen LogP contribution in [0.3, 0.4) is 0 Å². The zero-order chi connectivity index (χ0) is 35.9. The minimum Gasteiger partial charge on any atom is -0.309 e. The number of hydrogen-bond acceptors (Lipinski definition) is 2. The molecule has 0 aliphatic rings. The third kappa shape index (κ3) is 4.35. The largest absolute Gasteiger partial charge is 0.309 e. The molecule has 0 atom stereocenters. The van der Waals surface area contributed by atoms with E-state index >= 15 is 0 Å². The smallest absolute Gasteiger partial charge is 0.0991 e. The fraction of sp³-hybridized carbons (Fsp3) is 0.0204. The van der Waals surface area contributed by atoms with Gasteiger partial charge in [0, 0.05) is 61.1 Å². The second-order valence-corrected chi connectivity index (χ2v) is 14.0. The summed E-state index contributed by atoms with van der Waals surface area (Å²) >= 11 is 0. The Morgan fingerprint density at radius 2 is 0.889 bits per heavy atom. The van der Waals surface area contributed by atoms with E-state index < -0.39 is 0 Å². The molecule has 252 valence electrons. The third-order valence-electron chi connectivity index (χ3n) is 11.0. The lowest BCUT2D eigenvalue weighted by molar-refractivity contribution is 1.13. The molecule has 11 aromatic rings. The first-order valence-corrected chi connectivity index (χ1v) is 18.2. The van der Waals surface area contributed by atoms with Gasteiger partial charge in [-0.05, 0) is 97.4 Å². The Morgan fingerprint density at radius 3 is 1.43 bits per heavy atom. The van der Waals surface area contributed by atoms with Crippen molar-refractivity contribution in [2.75, 3.05) is 0 Å². The average molecular weight is 690 g/mol. The van der Waals surface area contributed by atoms with E-state index in [2.05, 4.69) is 172 Å². The molecule has 4 heterocycles. The van der Waals surface area contributed by atoms with Crippen LogP contribution >= 0.6 is 0 Å². The predicted molar refractivity (Wildman–Crippen MR) is 222 cm³/mol. The molecule has 0 saturated heterocycles. The summed E-state index contributed by atoms with van der Waals surface area (Å²) in [6.07, 6.45) is 1.87. The third-order valence-corrected chi connectivity index (χ3v) is 11.0. The van der Waals surface area contributed by atoms with Gasteiger partial charge in [0.15, 0.2) is 0 Å². The van der Waals surface area contributed by atoms with Gasteiger partial charge in [0.1, 0.15) is 0 Å². The Labute approximate surface area is 310 Å². The van der Waals surface area contributed by atoms with Gasteiger partial charge in [0.25, 0.3) is 0 Å². The number of nitrogens with zero attached hydrogens (tertiary/aromatic N) is 5. The monoisotopic (exact) mass is 689 g/mol. The first-order chi connectivity index (χ1) is 26.7. The average Bonchev–Trinajstić information content (AvgIpc) is 3.86. The van der Waals surface area contributed by atoms with Crippen LogP contribution in [-0.2, 0) is 0 Å². The van der Waals surface area contributed by atoms with Crippen molar-refractivity contribution < 1.29 is 0 Å². The molecule has 0 saturated carbocycles. The van der Waals surface area contributed by atoms with E-state index in [0.29, 0.717) is 5.56 Å². The van der Waals surface area contributed by atoms with E-state index in [0.717, 1.165) is 66.7 Å². The number of para-hydroxylation sites is 4. The summed E-state index contributed by atoms with van der Waals surface area (Å²) in [5.74, 6) is 0. The van der Waals surface area contributed by atoms with Crippen LogP contribution in [-0.4, -0.2) is 18.7 Å². The van der Waals surface area contributed by atoms with Crippen molar-refractivity contribution in [2.45, 2.75) is 6.92 Å². The van der Waals surface area contributed by atoms with Crippen molar-refractivity contribution >= 4 is 65.4 Å². The van der Waals surface area contributed by atoms with Crippen molar-refractivity contribution in [1.82, 2.24) is 18.7 Å². The van der Waals surface area contributed by atoms with Crippen LogP contribution in [0.15, 0.2) is 170 Å². The van der Waals surface area contributed by atoms with E-state index in [-0.39, 0.29) is 0 Å². The van der Waals surface area contributed by atoms with Gasteiger partial charge < -0.3 is 13.7 Å². The Morgan fingerprint density at radius 1 is 0.426 bits per heavy atom. The van der Waals surface area contributed by atoms with Gasteiger partial charge in [-0.25, -0.2) is 0 Å². The minimum atomic E-state index is 0.648. The molecule has 0 N–H and O–H groups in total. The second-order valence-electron chi connectivity index (χ2n) is 14.0. The van der Waals surface area contributed by atoms with Gasteiger partial charge >= 0.3 is 0 Å². The number of aromatic nitrogens is 4. The Balaban J connectivity index is 1.21. The van der Waals surface area contributed by atoms with Crippen molar-refractivity contribution in [1.29, 1.82) is 5.26 Å². The number of rotatable bonds is 4. The summed E-state index contributed by atoms with van der Waals surface area (Å²) in [4.78, 5) is 4.90. The molecule has 0 unspecified atom stereocenters. The van der Waals surface area contributed by atoms with Gasteiger partial charge in [-0.2, -0.15) is 5.26 Å². The van der Waals surface area contributed by atoms with Crippen LogP contribution in [0.5, 0.6) is 0 Å². The molecular weight excluding hydrogens is 659 g/mol.